The molecule has 0 saturated carbocycles. The van der Waals surface area contributed by atoms with Crippen molar-refractivity contribution in [2.75, 3.05) is 13.2 Å². The minimum atomic E-state index is 0.00528. The van der Waals surface area contributed by atoms with Gasteiger partial charge in [0.05, 0.1) is 24.2 Å². The molecule has 0 radical (unpaired) electrons. The van der Waals surface area contributed by atoms with Crippen LogP contribution < -0.4 is 4.74 Å². The Morgan fingerprint density at radius 3 is 3.11 bits per heavy atom. The van der Waals surface area contributed by atoms with E-state index in [0.29, 0.717) is 13.2 Å². The van der Waals surface area contributed by atoms with Crippen molar-refractivity contribution < 1.29 is 14.3 Å². The van der Waals surface area contributed by atoms with Gasteiger partial charge in [-0.05, 0) is 24.5 Å². The van der Waals surface area contributed by atoms with Crippen LogP contribution in [0.4, 0.5) is 0 Å². The summed E-state index contributed by atoms with van der Waals surface area (Å²) in [6.45, 7) is 3.46. The van der Waals surface area contributed by atoms with E-state index in [1.807, 2.05) is 18.2 Å². The molecular formula is C15H18O3. The zero-order valence-electron chi connectivity index (χ0n) is 10.6. The van der Waals surface area contributed by atoms with E-state index in [2.05, 4.69) is 6.92 Å². The van der Waals surface area contributed by atoms with Crippen LogP contribution >= 0.6 is 0 Å². The molecule has 2 heterocycles. The fraction of sp³-hybridized carbons (Fsp3) is 0.533. The molecule has 0 spiro atoms. The van der Waals surface area contributed by atoms with Crippen molar-refractivity contribution in [3.63, 3.8) is 0 Å². The smallest absolute Gasteiger partial charge is 0.172 e. The fourth-order valence-corrected chi connectivity index (χ4v) is 2.96. The average molecular weight is 246 g/mol. The highest BCUT2D eigenvalue weighted by molar-refractivity contribution is 6.01. The summed E-state index contributed by atoms with van der Waals surface area (Å²) < 4.78 is 11.2. The van der Waals surface area contributed by atoms with E-state index in [4.69, 9.17) is 9.47 Å². The number of fused-ring (bicyclic) bond motifs is 1. The zero-order valence-corrected chi connectivity index (χ0v) is 10.6. The summed E-state index contributed by atoms with van der Waals surface area (Å²) in [5, 5.41) is 0. The van der Waals surface area contributed by atoms with E-state index in [0.717, 1.165) is 36.1 Å². The van der Waals surface area contributed by atoms with Crippen LogP contribution in [0.25, 0.3) is 0 Å². The summed E-state index contributed by atoms with van der Waals surface area (Å²) >= 11 is 0. The number of Topliss-reactive ketones (excluding diaryl/α,β-unsaturated/α-hetero) is 1. The van der Waals surface area contributed by atoms with E-state index in [1.165, 1.54) is 0 Å². The second-order valence-electron chi connectivity index (χ2n) is 4.97. The third-order valence-corrected chi connectivity index (χ3v) is 3.93. The van der Waals surface area contributed by atoms with Gasteiger partial charge in [-0.1, -0.05) is 19.1 Å². The Morgan fingerprint density at radius 2 is 2.28 bits per heavy atom. The van der Waals surface area contributed by atoms with E-state index >= 15 is 0 Å². The standard InChI is InChI=1S/C15H18O3/c1-2-13-11(7-9-17-13)14(16)12-5-3-4-10-6-8-18-15(10)12/h3-5,11,13H,2,6-9H2,1H3. The molecule has 2 atom stereocenters. The number of carbonyl (C=O) groups is 1. The van der Waals surface area contributed by atoms with Crippen LogP contribution in [0.15, 0.2) is 18.2 Å². The van der Waals surface area contributed by atoms with E-state index in [1.54, 1.807) is 0 Å². The summed E-state index contributed by atoms with van der Waals surface area (Å²) in [5.41, 5.74) is 1.91. The average Bonchev–Trinajstić information content (AvgIpc) is 3.05. The summed E-state index contributed by atoms with van der Waals surface area (Å²) in [4.78, 5) is 12.6. The summed E-state index contributed by atoms with van der Waals surface area (Å²) in [6, 6.07) is 5.89. The van der Waals surface area contributed by atoms with Gasteiger partial charge in [0.15, 0.2) is 5.78 Å². The van der Waals surface area contributed by atoms with Crippen molar-refractivity contribution in [1.82, 2.24) is 0 Å². The molecule has 18 heavy (non-hydrogen) atoms. The molecule has 1 aromatic carbocycles. The van der Waals surface area contributed by atoms with Gasteiger partial charge in [-0.15, -0.1) is 0 Å². The SMILES string of the molecule is CCC1OCCC1C(=O)c1cccc2c1OCC2. The fourth-order valence-electron chi connectivity index (χ4n) is 2.96. The van der Waals surface area contributed by atoms with Gasteiger partial charge in [0.25, 0.3) is 0 Å². The lowest BCUT2D eigenvalue weighted by atomic mass is 9.89. The molecule has 3 heteroatoms. The maximum absolute atomic E-state index is 12.6. The predicted octanol–water partition coefficient (Wildman–Crippen LogP) is 2.62. The maximum Gasteiger partial charge on any atom is 0.172 e. The number of hydrogen-bond donors (Lipinski definition) is 0. The van der Waals surface area contributed by atoms with Crippen LogP contribution in [0.2, 0.25) is 0 Å². The van der Waals surface area contributed by atoms with Crippen molar-refractivity contribution in [3.8, 4) is 5.75 Å². The molecule has 1 fully saturated rings. The second-order valence-corrected chi connectivity index (χ2v) is 4.97. The molecular weight excluding hydrogens is 228 g/mol. The lowest BCUT2D eigenvalue weighted by Crippen LogP contribution is -2.24. The normalized spacial score (nSPS) is 25.8. The number of rotatable bonds is 3. The molecule has 0 amide bonds. The van der Waals surface area contributed by atoms with Gasteiger partial charge < -0.3 is 9.47 Å². The highest BCUT2D eigenvalue weighted by atomic mass is 16.5. The third kappa shape index (κ3) is 1.83. The van der Waals surface area contributed by atoms with Gasteiger partial charge in [0, 0.05) is 13.0 Å². The molecule has 0 bridgehead atoms. The van der Waals surface area contributed by atoms with Crippen LogP contribution in [-0.2, 0) is 11.2 Å². The Balaban J connectivity index is 1.91. The van der Waals surface area contributed by atoms with Crippen LogP contribution in [-0.4, -0.2) is 25.1 Å². The second kappa shape index (κ2) is 4.73. The van der Waals surface area contributed by atoms with Crippen molar-refractivity contribution in [2.45, 2.75) is 32.3 Å². The molecule has 1 aromatic rings. The van der Waals surface area contributed by atoms with Gasteiger partial charge in [0.2, 0.25) is 0 Å². The molecule has 1 saturated heterocycles. The molecule has 0 aliphatic carbocycles. The van der Waals surface area contributed by atoms with Gasteiger partial charge >= 0.3 is 0 Å². The first kappa shape index (κ1) is 11.7. The van der Waals surface area contributed by atoms with Gasteiger partial charge in [-0.25, -0.2) is 0 Å². The number of ketones is 1. The number of para-hydroxylation sites is 1. The maximum atomic E-state index is 12.6. The molecule has 3 rings (SSSR count). The molecule has 2 unspecified atom stereocenters. The van der Waals surface area contributed by atoms with Crippen molar-refractivity contribution in [1.29, 1.82) is 0 Å². The van der Waals surface area contributed by atoms with Gasteiger partial charge in [-0.3, -0.25) is 4.79 Å². The first-order valence-corrected chi connectivity index (χ1v) is 6.71. The largest absolute Gasteiger partial charge is 0.492 e. The van der Waals surface area contributed by atoms with Crippen LogP contribution in [0, 0.1) is 5.92 Å². The van der Waals surface area contributed by atoms with Crippen LogP contribution in [0.1, 0.15) is 35.7 Å². The van der Waals surface area contributed by atoms with E-state index < -0.39 is 0 Å². The van der Waals surface area contributed by atoms with Gasteiger partial charge in [0.1, 0.15) is 5.75 Å². The molecule has 2 aliphatic rings. The van der Waals surface area contributed by atoms with Crippen LogP contribution in [0.5, 0.6) is 5.75 Å². The number of benzene rings is 1. The number of ether oxygens (including phenoxy) is 2. The van der Waals surface area contributed by atoms with E-state index in [9.17, 15) is 4.79 Å². The summed E-state index contributed by atoms with van der Waals surface area (Å²) in [6.07, 6.45) is 2.72. The lowest BCUT2D eigenvalue weighted by molar-refractivity contribution is 0.0687. The zero-order chi connectivity index (χ0) is 12.5. The Labute approximate surface area is 107 Å². The molecule has 3 nitrogen and oxygen atoms in total. The highest BCUT2D eigenvalue weighted by Crippen LogP contribution is 2.34. The summed E-state index contributed by atoms with van der Waals surface area (Å²) in [7, 11) is 0. The topological polar surface area (TPSA) is 35.5 Å². The van der Waals surface area contributed by atoms with Crippen molar-refractivity contribution >= 4 is 5.78 Å². The monoisotopic (exact) mass is 246 g/mol. The van der Waals surface area contributed by atoms with Crippen LogP contribution in [0.3, 0.4) is 0 Å². The Hall–Kier alpha value is -1.35. The quantitative estimate of drug-likeness (QED) is 0.769. The Kier molecular flexibility index (Phi) is 3.08. The number of carbonyl (C=O) groups excluding carboxylic acids is 1. The highest BCUT2D eigenvalue weighted by Gasteiger charge is 2.35. The first-order valence-electron chi connectivity index (χ1n) is 6.71. The van der Waals surface area contributed by atoms with Crippen molar-refractivity contribution in [2.24, 2.45) is 5.92 Å². The predicted molar refractivity (Wildman–Crippen MR) is 68.1 cm³/mol. The van der Waals surface area contributed by atoms with Gasteiger partial charge in [-0.2, -0.15) is 0 Å². The summed E-state index contributed by atoms with van der Waals surface area (Å²) in [5.74, 6) is 1.01. The Morgan fingerprint density at radius 1 is 1.39 bits per heavy atom. The minimum absolute atomic E-state index is 0.00528. The molecule has 96 valence electrons. The molecule has 2 aliphatic heterocycles. The lowest BCUT2D eigenvalue weighted by Gasteiger charge is -2.16. The minimum Gasteiger partial charge on any atom is -0.492 e. The Bertz CT molecular complexity index is 467. The molecule has 0 N–H and O–H groups in total. The third-order valence-electron chi connectivity index (χ3n) is 3.93. The molecule has 0 aromatic heterocycles. The van der Waals surface area contributed by atoms with Crippen molar-refractivity contribution in [3.05, 3.63) is 29.3 Å². The number of hydrogen-bond acceptors (Lipinski definition) is 3. The first-order chi connectivity index (χ1) is 8.81. The van der Waals surface area contributed by atoms with E-state index in [-0.39, 0.29) is 17.8 Å².